The molecule has 4 rings (SSSR count). The first-order valence-electron chi connectivity index (χ1n) is 8.10. The van der Waals surface area contributed by atoms with Crippen LogP contribution in [0, 0.1) is 23.2 Å². The van der Waals surface area contributed by atoms with Crippen molar-refractivity contribution in [3.8, 4) is 0 Å². The van der Waals surface area contributed by atoms with Crippen molar-refractivity contribution in [1.29, 1.82) is 0 Å². The Morgan fingerprint density at radius 1 is 1.10 bits per heavy atom. The van der Waals surface area contributed by atoms with E-state index in [-0.39, 0.29) is 12.4 Å². The van der Waals surface area contributed by atoms with Crippen molar-refractivity contribution in [3.05, 3.63) is 0 Å². The van der Waals surface area contributed by atoms with Crippen LogP contribution in [0.2, 0.25) is 0 Å². The predicted molar refractivity (Wildman–Crippen MR) is 75.9 cm³/mol. The molecular weight excluding hydrogens is 272 g/mol. The number of hydrogen-bond acceptors (Lipinski definition) is 1. The lowest BCUT2D eigenvalue weighted by Gasteiger charge is -2.56. The third-order valence-electron chi connectivity index (χ3n) is 5.65. The monoisotopic (exact) mass is 300 g/mol. The van der Waals surface area contributed by atoms with Crippen molar-refractivity contribution in [2.24, 2.45) is 23.2 Å². The van der Waals surface area contributed by atoms with Crippen LogP contribution in [-0.2, 0) is 4.79 Å². The Morgan fingerprint density at radius 3 is 2.05 bits per heavy atom. The van der Waals surface area contributed by atoms with Crippen LogP contribution in [0.5, 0.6) is 0 Å². The zero-order chi connectivity index (χ0) is 13.5. The van der Waals surface area contributed by atoms with Crippen molar-refractivity contribution in [1.82, 2.24) is 5.32 Å². The Bertz CT molecular complexity index is 321. The summed E-state index contributed by atoms with van der Waals surface area (Å²) in [4.78, 5) is 13.6. The molecule has 0 aromatic carbocycles. The highest BCUT2D eigenvalue weighted by Crippen LogP contribution is 2.61. The lowest BCUT2D eigenvalue weighted by Crippen LogP contribution is -3.06. The molecule has 0 atom stereocenters. The molecule has 0 saturated heterocycles. The summed E-state index contributed by atoms with van der Waals surface area (Å²) < 4.78 is 0. The van der Waals surface area contributed by atoms with E-state index in [0.717, 1.165) is 37.3 Å². The largest absolute Gasteiger partial charge is 1.00 e. The zero-order valence-corrected chi connectivity index (χ0v) is 13.6. The van der Waals surface area contributed by atoms with Crippen LogP contribution in [-0.4, -0.2) is 33.1 Å². The minimum absolute atomic E-state index is 0. The first-order chi connectivity index (χ1) is 9.05. The minimum Gasteiger partial charge on any atom is -1.00 e. The fourth-order valence-corrected chi connectivity index (χ4v) is 5.36. The Kier molecular flexibility index (Phi) is 5.01. The second-order valence-electron chi connectivity index (χ2n) is 7.90. The average molecular weight is 301 g/mol. The molecule has 4 fully saturated rings. The number of amides is 1. The summed E-state index contributed by atoms with van der Waals surface area (Å²) >= 11 is 0. The van der Waals surface area contributed by atoms with Crippen LogP contribution >= 0.6 is 0 Å². The van der Waals surface area contributed by atoms with Gasteiger partial charge in [-0.3, -0.25) is 4.79 Å². The number of rotatable bonds is 5. The molecule has 4 saturated carbocycles. The van der Waals surface area contributed by atoms with E-state index in [2.05, 4.69) is 19.4 Å². The maximum absolute atomic E-state index is 12.2. The number of hydrogen-bond donors (Lipinski definition) is 2. The van der Waals surface area contributed by atoms with Gasteiger partial charge >= 0.3 is 0 Å². The normalized spacial score (nSPS) is 37.9. The summed E-state index contributed by atoms with van der Waals surface area (Å²) in [7, 11) is 4.26. The van der Waals surface area contributed by atoms with Gasteiger partial charge in [0.1, 0.15) is 0 Å². The van der Waals surface area contributed by atoms with E-state index in [1.807, 2.05) is 0 Å². The Balaban J connectivity index is 0.00000147. The van der Waals surface area contributed by atoms with Gasteiger partial charge in [-0.25, -0.2) is 0 Å². The van der Waals surface area contributed by atoms with Crippen molar-refractivity contribution in [2.45, 2.75) is 44.9 Å². The van der Waals surface area contributed by atoms with E-state index >= 15 is 0 Å². The van der Waals surface area contributed by atoms with Crippen molar-refractivity contribution >= 4 is 5.91 Å². The quantitative estimate of drug-likeness (QED) is 0.597. The number of carbonyl (C=O) groups excluding carboxylic acids is 1. The highest BCUT2D eigenvalue weighted by atomic mass is 35.5. The number of halogens is 1. The third kappa shape index (κ3) is 3.48. The maximum Gasteiger partial charge on any atom is 0.220 e. The summed E-state index contributed by atoms with van der Waals surface area (Å²) in [5.41, 5.74) is 0.393. The fraction of sp³-hybridized carbons (Fsp3) is 0.938. The first kappa shape index (κ1) is 16.1. The van der Waals surface area contributed by atoms with Crippen LogP contribution in [0.1, 0.15) is 44.9 Å². The molecule has 4 heteroatoms. The van der Waals surface area contributed by atoms with Gasteiger partial charge in [0, 0.05) is 6.42 Å². The minimum atomic E-state index is 0. The van der Waals surface area contributed by atoms with Crippen LogP contribution in [0.3, 0.4) is 0 Å². The standard InChI is InChI=1S/C16H28N2O.ClH/c1-18(2)4-3-17-15(19)11-16-8-12-5-13(9-16)7-14(6-12)10-16;/h12-14H,3-11H2,1-2H3,(H,17,19);1H. The van der Waals surface area contributed by atoms with Crippen molar-refractivity contribution in [3.63, 3.8) is 0 Å². The van der Waals surface area contributed by atoms with Gasteiger partial charge in [-0.1, -0.05) is 0 Å². The molecule has 4 bridgehead atoms. The molecule has 0 radical (unpaired) electrons. The van der Waals surface area contributed by atoms with E-state index in [4.69, 9.17) is 0 Å². The molecule has 0 aromatic heterocycles. The molecule has 2 N–H and O–H groups in total. The van der Waals surface area contributed by atoms with Crippen LogP contribution < -0.4 is 22.6 Å². The molecule has 116 valence electrons. The van der Waals surface area contributed by atoms with Crippen LogP contribution in [0.15, 0.2) is 0 Å². The van der Waals surface area contributed by atoms with Crippen LogP contribution in [0.4, 0.5) is 0 Å². The van der Waals surface area contributed by atoms with Gasteiger partial charge < -0.3 is 22.6 Å². The number of carbonyl (C=O) groups is 1. The van der Waals surface area contributed by atoms with E-state index in [0.29, 0.717) is 11.3 Å². The molecule has 0 aromatic rings. The van der Waals surface area contributed by atoms with Crippen molar-refractivity contribution < 1.29 is 22.1 Å². The van der Waals surface area contributed by atoms with Gasteiger partial charge in [-0.05, 0) is 61.7 Å². The van der Waals surface area contributed by atoms with Gasteiger partial charge in [-0.15, -0.1) is 0 Å². The molecule has 0 unspecified atom stereocenters. The topological polar surface area (TPSA) is 33.5 Å². The molecule has 0 heterocycles. The van der Waals surface area contributed by atoms with E-state index in [9.17, 15) is 4.79 Å². The first-order valence-corrected chi connectivity index (χ1v) is 8.10. The number of likely N-dealkylation sites (N-methyl/N-ethyl adjacent to an activating group) is 1. The van der Waals surface area contributed by atoms with Gasteiger partial charge in [-0.2, -0.15) is 0 Å². The summed E-state index contributed by atoms with van der Waals surface area (Å²) in [6, 6.07) is 0. The summed E-state index contributed by atoms with van der Waals surface area (Å²) in [6.45, 7) is 1.85. The Hall–Kier alpha value is -0.280. The lowest BCUT2D eigenvalue weighted by atomic mass is 9.49. The lowest BCUT2D eigenvalue weighted by molar-refractivity contribution is -0.856. The molecule has 4 aliphatic carbocycles. The van der Waals surface area contributed by atoms with Gasteiger partial charge in [0.25, 0.3) is 0 Å². The van der Waals surface area contributed by atoms with E-state index < -0.39 is 0 Å². The maximum atomic E-state index is 12.2. The van der Waals surface area contributed by atoms with Gasteiger partial charge in [0.05, 0.1) is 27.2 Å². The molecule has 1 amide bonds. The Morgan fingerprint density at radius 2 is 1.60 bits per heavy atom. The smallest absolute Gasteiger partial charge is 0.220 e. The van der Waals surface area contributed by atoms with Crippen LogP contribution in [0.25, 0.3) is 0 Å². The second kappa shape index (κ2) is 6.23. The summed E-state index contributed by atoms with van der Waals surface area (Å²) in [6.07, 6.45) is 9.21. The van der Waals surface area contributed by atoms with Gasteiger partial charge in [0.15, 0.2) is 0 Å². The van der Waals surface area contributed by atoms with E-state index in [1.54, 1.807) is 0 Å². The highest BCUT2D eigenvalue weighted by molar-refractivity contribution is 5.76. The third-order valence-corrected chi connectivity index (χ3v) is 5.65. The highest BCUT2D eigenvalue weighted by Gasteiger charge is 2.51. The average Bonchev–Trinajstić information content (AvgIpc) is 2.25. The summed E-state index contributed by atoms with van der Waals surface area (Å²) in [5.74, 6) is 3.16. The van der Waals surface area contributed by atoms with E-state index in [1.165, 1.54) is 43.4 Å². The zero-order valence-electron chi connectivity index (χ0n) is 12.9. The molecule has 3 nitrogen and oxygen atoms in total. The SMILES string of the molecule is C[NH+](C)CCNC(=O)CC12CC3CC(CC(C3)C1)C2.[Cl-]. The number of quaternary nitrogens is 1. The molecule has 0 spiro atoms. The summed E-state index contributed by atoms with van der Waals surface area (Å²) in [5, 5.41) is 3.13. The second-order valence-corrected chi connectivity index (χ2v) is 7.90. The molecule has 4 aliphatic rings. The Labute approximate surface area is 129 Å². The fourth-order valence-electron chi connectivity index (χ4n) is 5.36. The predicted octanol–water partition coefficient (Wildman–Crippen LogP) is -2.14. The number of nitrogens with one attached hydrogen (secondary N) is 2. The van der Waals surface area contributed by atoms with Crippen molar-refractivity contribution in [2.75, 3.05) is 27.2 Å². The molecule has 0 aliphatic heterocycles. The molecular formula is C16H29ClN2O. The molecule has 20 heavy (non-hydrogen) atoms. The van der Waals surface area contributed by atoms with Gasteiger partial charge in [0.2, 0.25) is 5.91 Å².